The maximum Gasteiger partial charge on any atom is 0.264 e. The zero-order valence-electron chi connectivity index (χ0n) is 14.4. The SMILES string of the molecule is COc1ccc(/C=C2\SC(=Nc3cc(C)c(Br)c(C)c3)NC2=O)cc1Br. The second-order valence-corrected chi connectivity index (χ2v) is 8.45. The first-order valence-corrected chi connectivity index (χ1v) is 10.2. The van der Waals surface area contributed by atoms with Crippen molar-refractivity contribution in [2.24, 2.45) is 4.99 Å². The van der Waals surface area contributed by atoms with Gasteiger partial charge in [-0.3, -0.25) is 4.79 Å². The van der Waals surface area contributed by atoms with Crippen LogP contribution in [0.1, 0.15) is 16.7 Å². The van der Waals surface area contributed by atoms with Gasteiger partial charge in [-0.2, -0.15) is 0 Å². The summed E-state index contributed by atoms with van der Waals surface area (Å²) in [7, 11) is 1.62. The summed E-state index contributed by atoms with van der Waals surface area (Å²) in [5.41, 5.74) is 3.95. The first-order chi connectivity index (χ1) is 12.4. The molecule has 1 fully saturated rings. The van der Waals surface area contributed by atoms with Crippen LogP contribution in [0.5, 0.6) is 5.75 Å². The molecule has 1 heterocycles. The number of thioether (sulfide) groups is 1. The molecular formula is C19H16Br2N2O2S. The molecule has 26 heavy (non-hydrogen) atoms. The summed E-state index contributed by atoms with van der Waals surface area (Å²) in [6.07, 6.45) is 1.84. The van der Waals surface area contributed by atoms with Crippen LogP contribution in [0.2, 0.25) is 0 Å². The maximum atomic E-state index is 12.3. The fraction of sp³-hybridized carbons (Fsp3) is 0.158. The van der Waals surface area contributed by atoms with Gasteiger partial charge in [-0.15, -0.1) is 0 Å². The minimum Gasteiger partial charge on any atom is -0.496 e. The molecule has 0 atom stereocenters. The highest BCUT2D eigenvalue weighted by Crippen LogP contribution is 2.32. The Morgan fingerprint density at radius 1 is 1.15 bits per heavy atom. The van der Waals surface area contributed by atoms with Gasteiger partial charge in [-0.25, -0.2) is 4.99 Å². The van der Waals surface area contributed by atoms with E-state index in [1.165, 1.54) is 11.8 Å². The molecule has 0 radical (unpaired) electrons. The van der Waals surface area contributed by atoms with E-state index in [4.69, 9.17) is 4.74 Å². The number of hydrogen-bond donors (Lipinski definition) is 1. The number of ether oxygens (including phenoxy) is 1. The number of nitrogens with one attached hydrogen (secondary N) is 1. The number of nitrogens with zero attached hydrogens (tertiary/aromatic N) is 1. The van der Waals surface area contributed by atoms with Crippen molar-refractivity contribution in [1.82, 2.24) is 5.32 Å². The zero-order chi connectivity index (χ0) is 18.8. The van der Waals surface area contributed by atoms with Crippen LogP contribution in [0.3, 0.4) is 0 Å². The summed E-state index contributed by atoms with van der Waals surface area (Å²) < 4.78 is 7.15. The molecular weight excluding hydrogens is 480 g/mol. The van der Waals surface area contributed by atoms with E-state index in [0.29, 0.717) is 10.1 Å². The summed E-state index contributed by atoms with van der Waals surface area (Å²) >= 11 is 8.34. The van der Waals surface area contributed by atoms with Crippen molar-refractivity contribution in [1.29, 1.82) is 0 Å². The molecule has 2 aromatic carbocycles. The molecule has 0 aromatic heterocycles. The van der Waals surface area contributed by atoms with E-state index in [-0.39, 0.29) is 5.91 Å². The van der Waals surface area contributed by atoms with Gasteiger partial charge >= 0.3 is 0 Å². The molecule has 0 aliphatic carbocycles. The lowest BCUT2D eigenvalue weighted by Gasteiger charge is -2.05. The van der Waals surface area contributed by atoms with Crippen LogP contribution in [-0.4, -0.2) is 18.2 Å². The van der Waals surface area contributed by atoms with Crippen LogP contribution >= 0.6 is 43.6 Å². The Bertz CT molecular complexity index is 932. The summed E-state index contributed by atoms with van der Waals surface area (Å²) in [5.74, 6) is 0.602. The Morgan fingerprint density at radius 2 is 1.85 bits per heavy atom. The van der Waals surface area contributed by atoms with Crippen LogP contribution in [-0.2, 0) is 4.79 Å². The predicted octanol–water partition coefficient (Wildman–Crippen LogP) is 5.73. The summed E-state index contributed by atoms with van der Waals surface area (Å²) in [6, 6.07) is 9.64. The summed E-state index contributed by atoms with van der Waals surface area (Å²) in [4.78, 5) is 17.4. The predicted molar refractivity (Wildman–Crippen MR) is 115 cm³/mol. The largest absolute Gasteiger partial charge is 0.496 e. The quantitative estimate of drug-likeness (QED) is 0.553. The summed E-state index contributed by atoms with van der Waals surface area (Å²) in [5, 5.41) is 3.40. The molecule has 1 aliphatic heterocycles. The van der Waals surface area contributed by atoms with Gasteiger partial charge in [0.1, 0.15) is 5.75 Å². The second-order valence-electron chi connectivity index (χ2n) is 5.77. The number of rotatable bonds is 3. The third kappa shape index (κ3) is 4.22. The number of aryl methyl sites for hydroxylation is 2. The molecule has 3 rings (SSSR count). The zero-order valence-corrected chi connectivity index (χ0v) is 18.4. The van der Waals surface area contributed by atoms with Gasteiger partial charge in [0.25, 0.3) is 5.91 Å². The number of amides is 1. The van der Waals surface area contributed by atoms with E-state index >= 15 is 0 Å². The van der Waals surface area contributed by atoms with E-state index in [2.05, 4.69) is 42.2 Å². The number of methoxy groups -OCH3 is 1. The van der Waals surface area contributed by atoms with Crippen molar-refractivity contribution in [2.75, 3.05) is 7.11 Å². The van der Waals surface area contributed by atoms with Crippen molar-refractivity contribution in [3.63, 3.8) is 0 Å². The Morgan fingerprint density at radius 3 is 2.46 bits per heavy atom. The monoisotopic (exact) mass is 494 g/mol. The van der Waals surface area contributed by atoms with Crippen molar-refractivity contribution < 1.29 is 9.53 Å². The molecule has 1 N–H and O–H groups in total. The normalized spacial score (nSPS) is 17.0. The molecule has 7 heteroatoms. The van der Waals surface area contributed by atoms with Gasteiger partial charge in [-0.1, -0.05) is 22.0 Å². The van der Waals surface area contributed by atoms with Crippen LogP contribution in [0.15, 0.2) is 49.2 Å². The van der Waals surface area contributed by atoms with Crippen molar-refractivity contribution in [3.8, 4) is 5.75 Å². The smallest absolute Gasteiger partial charge is 0.264 e. The molecule has 0 bridgehead atoms. The average Bonchev–Trinajstić information content (AvgIpc) is 2.92. The molecule has 134 valence electrons. The topological polar surface area (TPSA) is 50.7 Å². The summed E-state index contributed by atoms with van der Waals surface area (Å²) in [6.45, 7) is 4.04. The molecule has 0 spiro atoms. The molecule has 1 saturated heterocycles. The average molecular weight is 496 g/mol. The Kier molecular flexibility index (Phi) is 5.89. The highest BCUT2D eigenvalue weighted by Gasteiger charge is 2.24. The number of carbonyl (C=O) groups excluding carboxylic acids is 1. The first-order valence-electron chi connectivity index (χ1n) is 7.77. The lowest BCUT2D eigenvalue weighted by atomic mass is 10.1. The lowest BCUT2D eigenvalue weighted by molar-refractivity contribution is -0.115. The third-order valence-corrected chi connectivity index (χ3v) is 6.56. The Hall–Kier alpha value is -1.57. The van der Waals surface area contributed by atoms with Gasteiger partial charge in [0, 0.05) is 4.47 Å². The van der Waals surface area contributed by atoms with Crippen molar-refractivity contribution in [2.45, 2.75) is 13.8 Å². The van der Waals surface area contributed by atoms with Crippen molar-refractivity contribution in [3.05, 3.63) is 60.9 Å². The van der Waals surface area contributed by atoms with E-state index in [1.807, 2.05) is 50.3 Å². The third-order valence-electron chi connectivity index (χ3n) is 3.78. The van der Waals surface area contributed by atoms with Gasteiger partial charge in [0.05, 0.1) is 22.2 Å². The van der Waals surface area contributed by atoms with Crippen LogP contribution in [0, 0.1) is 13.8 Å². The molecule has 2 aromatic rings. The minimum atomic E-state index is -0.147. The Balaban J connectivity index is 1.85. The van der Waals surface area contributed by atoms with Gasteiger partial charge in [0.15, 0.2) is 5.17 Å². The standard InChI is InChI=1S/C19H16Br2N2O2S/c1-10-6-13(7-11(2)17(10)21)22-19-23-18(24)16(26-19)9-12-4-5-15(25-3)14(20)8-12/h4-9H,1-3H3,(H,22,23,24)/b16-9-. The molecule has 1 amide bonds. The highest BCUT2D eigenvalue weighted by molar-refractivity contribution is 9.10. The number of benzene rings is 2. The number of hydrogen-bond acceptors (Lipinski definition) is 4. The van der Waals surface area contributed by atoms with Gasteiger partial charge < -0.3 is 10.1 Å². The fourth-order valence-electron chi connectivity index (χ4n) is 2.51. The van der Waals surface area contributed by atoms with E-state index < -0.39 is 0 Å². The molecule has 0 unspecified atom stereocenters. The van der Waals surface area contributed by atoms with E-state index in [1.54, 1.807) is 7.11 Å². The molecule has 0 saturated carbocycles. The highest BCUT2D eigenvalue weighted by atomic mass is 79.9. The number of carbonyl (C=O) groups is 1. The molecule has 4 nitrogen and oxygen atoms in total. The van der Waals surface area contributed by atoms with E-state index in [9.17, 15) is 4.79 Å². The Labute approximate surface area is 173 Å². The number of amidine groups is 1. The number of aliphatic imine (C=N–C) groups is 1. The minimum absolute atomic E-state index is 0.147. The van der Waals surface area contributed by atoms with Crippen LogP contribution < -0.4 is 10.1 Å². The second kappa shape index (κ2) is 7.98. The first kappa shape index (κ1) is 19.2. The van der Waals surface area contributed by atoms with E-state index in [0.717, 1.165) is 37.1 Å². The molecule has 1 aliphatic rings. The van der Waals surface area contributed by atoms with Gasteiger partial charge in [-0.05, 0) is 88.6 Å². The number of halogens is 2. The fourth-order valence-corrected chi connectivity index (χ4v) is 4.14. The lowest BCUT2D eigenvalue weighted by Crippen LogP contribution is -2.19. The maximum absolute atomic E-state index is 12.3. The van der Waals surface area contributed by atoms with Crippen LogP contribution in [0.25, 0.3) is 6.08 Å². The van der Waals surface area contributed by atoms with Gasteiger partial charge in [0.2, 0.25) is 0 Å². The van der Waals surface area contributed by atoms with Crippen molar-refractivity contribution >= 4 is 66.5 Å². The van der Waals surface area contributed by atoms with Crippen LogP contribution in [0.4, 0.5) is 5.69 Å².